The first-order valence-electron chi connectivity index (χ1n) is 4.94. The fourth-order valence-electron chi connectivity index (χ4n) is 1.75. The lowest BCUT2D eigenvalue weighted by Gasteiger charge is -2.06. The van der Waals surface area contributed by atoms with E-state index in [4.69, 9.17) is 9.84 Å². The van der Waals surface area contributed by atoms with Gasteiger partial charge in [-0.05, 0) is 18.1 Å². The van der Waals surface area contributed by atoms with Crippen molar-refractivity contribution in [2.24, 2.45) is 0 Å². The van der Waals surface area contributed by atoms with E-state index in [0.717, 1.165) is 0 Å². The minimum absolute atomic E-state index is 0.00856. The van der Waals surface area contributed by atoms with Crippen LogP contribution in [0, 0.1) is 11.6 Å². The van der Waals surface area contributed by atoms with E-state index in [0.29, 0.717) is 18.6 Å². The predicted molar refractivity (Wildman–Crippen MR) is 51.5 cm³/mol. The fourth-order valence-corrected chi connectivity index (χ4v) is 1.75. The third-order valence-corrected chi connectivity index (χ3v) is 2.54. The van der Waals surface area contributed by atoms with Gasteiger partial charge >= 0.3 is 5.97 Å². The van der Waals surface area contributed by atoms with Crippen LogP contribution in [0.3, 0.4) is 0 Å². The molecule has 0 aromatic heterocycles. The molecule has 0 aliphatic carbocycles. The highest BCUT2D eigenvalue weighted by Gasteiger charge is 2.23. The second-order valence-corrected chi connectivity index (χ2v) is 3.64. The van der Waals surface area contributed by atoms with Crippen LogP contribution >= 0.6 is 0 Å². The van der Waals surface area contributed by atoms with Crippen molar-refractivity contribution in [3.8, 4) is 5.75 Å². The molecule has 0 saturated carbocycles. The average Bonchev–Trinajstić information content (AvgIpc) is 2.69. The van der Waals surface area contributed by atoms with Crippen LogP contribution in [-0.4, -0.2) is 17.7 Å². The molecule has 0 fully saturated rings. The Kier molecular flexibility index (Phi) is 2.77. The van der Waals surface area contributed by atoms with Crippen molar-refractivity contribution in [3.05, 3.63) is 28.8 Å². The zero-order chi connectivity index (χ0) is 11.7. The first kappa shape index (κ1) is 10.9. The Morgan fingerprint density at radius 3 is 2.88 bits per heavy atom. The first-order valence-corrected chi connectivity index (χ1v) is 4.94. The van der Waals surface area contributed by atoms with E-state index in [-0.39, 0.29) is 24.2 Å². The highest BCUT2D eigenvalue weighted by Crippen LogP contribution is 2.32. The second kappa shape index (κ2) is 4.08. The SMILES string of the molecule is O=C(O)CCc1cc2c(c(F)c1F)OCC2. The lowest BCUT2D eigenvalue weighted by atomic mass is 10.0. The summed E-state index contributed by atoms with van der Waals surface area (Å²) in [4.78, 5) is 10.4. The summed E-state index contributed by atoms with van der Waals surface area (Å²) in [6.07, 6.45) is 0.313. The average molecular weight is 228 g/mol. The van der Waals surface area contributed by atoms with Gasteiger partial charge in [-0.25, -0.2) is 4.39 Å². The number of carboxylic acids is 1. The molecule has 1 aromatic rings. The maximum Gasteiger partial charge on any atom is 0.303 e. The monoisotopic (exact) mass is 228 g/mol. The number of hydrogen-bond donors (Lipinski definition) is 1. The van der Waals surface area contributed by atoms with Gasteiger partial charge in [0.05, 0.1) is 6.61 Å². The zero-order valence-corrected chi connectivity index (χ0v) is 8.43. The van der Waals surface area contributed by atoms with Crippen LogP contribution in [-0.2, 0) is 17.6 Å². The van der Waals surface area contributed by atoms with E-state index in [2.05, 4.69) is 0 Å². The summed E-state index contributed by atoms with van der Waals surface area (Å²) in [5, 5.41) is 8.49. The smallest absolute Gasteiger partial charge is 0.303 e. The van der Waals surface area contributed by atoms with E-state index in [1.165, 1.54) is 6.07 Å². The summed E-state index contributed by atoms with van der Waals surface area (Å²) in [7, 11) is 0. The van der Waals surface area contributed by atoms with Gasteiger partial charge in [0.2, 0.25) is 5.82 Å². The molecule has 5 heteroatoms. The van der Waals surface area contributed by atoms with Gasteiger partial charge in [-0.3, -0.25) is 4.79 Å². The van der Waals surface area contributed by atoms with Gasteiger partial charge in [0.15, 0.2) is 11.6 Å². The van der Waals surface area contributed by atoms with E-state index in [1.54, 1.807) is 0 Å². The minimum atomic E-state index is -1.03. The first-order chi connectivity index (χ1) is 7.59. The van der Waals surface area contributed by atoms with Crippen LogP contribution in [0.25, 0.3) is 0 Å². The third-order valence-electron chi connectivity index (χ3n) is 2.54. The number of aryl methyl sites for hydroxylation is 1. The van der Waals surface area contributed by atoms with Crippen molar-refractivity contribution in [1.82, 2.24) is 0 Å². The summed E-state index contributed by atoms with van der Waals surface area (Å²) >= 11 is 0. The highest BCUT2D eigenvalue weighted by molar-refractivity contribution is 5.67. The van der Waals surface area contributed by atoms with E-state index < -0.39 is 17.6 Å². The summed E-state index contributed by atoms with van der Waals surface area (Å²) in [5.74, 6) is -3.06. The minimum Gasteiger partial charge on any atom is -0.490 e. The molecule has 0 spiro atoms. The zero-order valence-electron chi connectivity index (χ0n) is 8.43. The number of carbonyl (C=O) groups is 1. The molecule has 2 rings (SSSR count). The lowest BCUT2D eigenvalue weighted by Crippen LogP contribution is -2.02. The molecular weight excluding hydrogens is 218 g/mol. The fraction of sp³-hybridized carbons (Fsp3) is 0.364. The molecular formula is C11H10F2O3. The molecule has 0 bridgehead atoms. The largest absolute Gasteiger partial charge is 0.490 e. The van der Waals surface area contributed by atoms with Crippen molar-refractivity contribution in [3.63, 3.8) is 0 Å². The number of benzene rings is 1. The number of aliphatic carboxylic acids is 1. The number of rotatable bonds is 3. The molecule has 1 aliphatic rings. The predicted octanol–water partition coefficient (Wildman–Crippen LogP) is 1.92. The maximum atomic E-state index is 13.5. The van der Waals surface area contributed by atoms with Crippen molar-refractivity contribution < 1.29 is 23.4 Å². The third kappa shape index (κ3) is 1.85. The summed E-state index contributed by atoms with van der Waals surface area (Å²) in [6, 6.07) is 1.49. The second-order valence-electron chi connectivity index (χ2n) is 3.64. The maximum absolute atomic E-state index is 13.5. The van der Waals surface area contributed by atoms with Gasteiger partial charge < -0.3 is 9.84 Å². The summed E-state index contributed by atoms with van der Waals surface area (Å²) < 4.78 is 31.9. The summed E-state index contributed by atoms with van der Waals surface area (Å²) in [6.45, 7) is 0.341. The summed E-state index contributed by atoms with van der Waals surface area (Å²) in [5.41, 5.74) is 0.712. The molecule has 0 atom stereocenters. The molecule has 1 heterocycles. The number of fused-ring (bicyclic) bond motifs is 1. The van der Waals surface area contributed by atoms with E-state index in [9.17, 15) is 13.6 Å². The lowest BCUT2D eigenvalue weighted by molar-refractivity contribution is -0.136. The Balaban J connectivity index is 2.32. The molecule has 0 unspecified atom stereocenters. The van der Waals surface area contributed by atoms with Gasteiger partial charge in [0, 0.05) is 18.4 Å². The molecule has 86 valence electrons. The van der Waals surface area contributed by atoms with Crippen LogP contribution in [0.2, 0.25) is 0 Å². The molecule has 0 amide bonds. The molecule has 1 aromatic carbocycles. The Morgan fingerprint density at radius 1 is 1.44 bits per heavy atom. The van der Waals surface area contributed by atoms with Crippen LogP contribution in [0.5, 0.6) is 5.75 Å². The van der Waals surface area contributed by atoms with Gasteiger partial charge in [-0.15, -0.1) is 0 Å². The molecule has 1 aliphatic heterocycles. The van der Waals surface area contributed by atoms with E-state index >= 15 is 0 Å². The van der Waals surface area contributed by atoms with Crippen molar-refractivity contribution in [1.29, 1.82) is 0 Å². The number of halogens is 2. The van der Waals surface area contributed by atoms with Gasteiger partial charge in [-0.1, -0.05) is 0 Å². The van der Waals surface area contributed by atoms with Crippen molar-refractivity contribution >= 4 is 5.97 Å². The highest BCUT2D eigenvalue weighted by atomic mass is 19.2. The van der Waals surface area contributed by atoms with Crippen LogP contribution in [0.1, 0.15) is 17.5 Å². The Morgan fingerprint density at radius 2 is 2.19 bits per heavy atom. The number of carboxylic acid groups (broad SMARTS) is 1. The molecule has 1 N–H and O–H groups in total. The normalized spacial score (nSPS) is 13.4. The van der Waals surface area contributed by atoms with Gasteiger partial charge in [-0.2, -0.15) is 4.39 Å². The van der Waals surface area contributed by atoms with Crippen LogP contribution < -0.4 is 4.74 Å². The number of hydrogen-bond acceptors (Lipinski definition) is 2. The van der Waals surface area contributed by atoms with E-state index in [1.807, 2.05) is 0 Å². The molecule has 0 radical (unpaired) electrons. The van der Waals surface area contributed by atoms with Gasteiger partial charge in [0.1, 0.15) is 0 Å². The van der Waals surface area contributed by atoms with Crippen molar-refractivity contribution in [2.75, 3.05) is 6.61 Å². The standard InChI is InChI=1S/C11H10F2O3/c12-9-6(1-2-8(14)15)5-7-3-4-16-11(7)10(9)13/h5H,1-4H2,(H,14,15). The van der Waals surface area contributed by atoms with Crippen LogP contribution in [0.4, 0.5) is 8.78 Å². The van der Waals surface area contributed by atoms with Crippen LogP contribution in [0.15, 0.2) is 6.07 Å². The quantitative estimate of drug-likeness (QED) is 0.859. The Bertz CT molecular complexity index is 443. The Labute approximate surface area is 90.7 Å². The van der Waals surface area contributed by atoms with Gasteiger partial charge in [0.25, 0.3) is 0 Å². The number of ether oxygens (including phenoxy) is 1. The van der Waals surface area contributed by atoms with Crippen molar-refractivity contribution in [2.45, 2.75) is 19.3 Å². The molecule has 3 nitrogen and oxygen atoms in total. The molecule has 16 heavy (non-hydrogen) atoms. The topological polar surface area (TPSA) is 46.5 Å². The Hall–Kier alpha value is -1.65. The molecule has 0 saturated heterocycles.